The Morgan fingerprint density at radius 3 is 3.00 bits per heavy atom. The van der Waals surface area contributed by atoms with Crippen molar-refractivity contribution >= 4 is 32.6 Å². The quantitative estimate of drug-likeness (QED) is 0.770. The first-order valence-corrected chi connectivity index (χ1v) is 7.16. The third-order valence-corrected chi connectivity index (χ3v) is 3.78. The standard InChI is InChI=1S/C14H13N5OS/c1-8-16-5-4-10(18-8)7-17-13(20)9-2-3-11-12(6-9)21-14(15)19-11/h2-6H,7H2,1H3,(H2,15,19)(H,17,20). The molecule has 1 aromatic carbocycles. The number of fused-ring (bicyclic) bond motifs is 1. The van der Waals surface area contributed by atoms with Crippen LogP contribution in [0.5, 0.6) is 0 Å². The number of hydrogen-bond donors (Lipinski definition) is 2. The molecule has 0 saturated heterocycles. The lowest BCUT2D eigenvalue weighted by atomic mass is 10.2. The van der Waals surface area contributed by atoms with Crippen LogP contribution >= 0.6 is 11.3 Å². The molecule has 0 aliphatic rings. The molecule has 0 aliphatic carbocycles. The molecule has 0 unspecified atom stereocenters. The minimum Gasteiger partial charge on any atom is -0.375 e. The number of hydrogen-bond acceptors (Lipinski definition) is 6. The van der Waals surface area contributed by atoms with Crippen molar-refractivity contribution in [3.8, 4) is 0 Å². The molecule has 21 heavy (non-hydrogen) atoms. The first-order valence-electron chi connectivity index (χ1n) is 6.34. The van der Waals surface area contributed by atoms with E-state index in [-0.39, 0.29) is 5.91 Å². The van der Waals surface area contributed by atoms with E-state index in [4.69, 9.17) is 5.73 Å². The third-order valence-electron chi connectivity index (χ3n) is 2.93. The van der Waals surface area contributed by atoms with E-state index in [9.17, 15) is 4.79 Å². The molecule has 0 atom stereocenters. The molecule has 0 radical (unpaired) electrons. The summed E-state index contributed by atoms with van der Waals surface area (Å²) in [6.07, 6.45) is 1.68. The summed E-state index contributed by atoms with van der Waals surface area (Å²) in [6.45, 7) is 2.18. The van der Waals surface area contributed by atoms with Crippen molar-refractivity contribution in [3.63, 3.8) is 0 Å². The number of nitrogen functional groups attached to an aromatic ring is 1. The summed E-state index contributed by atoms with van der Waals surface area (Å²) in [5.74, 6) is 0.531. The average molecular weight is 299 g/mol. The first-order chi connectivity index (χ1) is 10.1. The molecule has 2 heterocycles. The van der Waals surface area contributed by atoms with Crippen LogP contribution in [0.2, 0.25) is 0 Å². The van der Waals surface area contributed by atoms with Gasteiger partial charge in [0.25, 0.3) is 5.91 Å². The topological polar surface area (TPSA) is 93.8 Å². The third kappa shape index (κ3) is 2.97. The second-order valence-corrected chi connectivity index (χ2v) is 5.57. The molecule has 1 amide bonds. The van der Waals surface area contributed by atoms with Crippen LogP contribution in [0, 0.1) is 6.92 Å². The Hall–Kier alpha value is -2.54. The van der Waals surface area contributed by atoms with E-state index in [0.717, 1.165) is 15.9 Å². The summed E-state index contributed by atoms with van der Waals surface area (Å²) in [4.78, 5) is 24.6. The van der Waals surface area contributed by atoms with Crippen molar-refractivity contribution < 1.29 is 4.79 Å². The highest BCUT2D eigenvalue weighted by atomic mass is 32.1. The molecular formula is C14H13N5OS. The molecular weight excluding hydrogens is 286 g/mol. The van der Waals surface area contributed by atoms with Gasteiger partial charge in [0.1, 0.15) is 5.82 Å². The van der Waals surface area contributed by atoms with Crippen molar-refractivity contribution in [1.29, 1.82) is 0 Å². The molecule has 0 bridgehead atoms. The molecule has 0 aliphatic heterocycles. The zero-order chi connectivity index (χ0) is 14.8. The Balaban J connectivity index is 1.74. The van der Waals surface area contributed by atoms with Gasteiger partial charge in [-0.3, -0.25) is 4.79 Å². The number of aryl methyl sites for hydroxylation is 1. The summed E-state index contributed by atoms with van der Waals surface area (Å²) < 4.78 is 0.901. The van der Waals surface area contributed by atoms with E-state index in [1.165, 1.54) is 11.3 Å². The van der Waals surface area contributed by atoms with Gasteiger partial charge in [-0.2, -0.15) is 0 Å². The number of thiazole rings is 1. The van der Waals surface area contributed by atoms with Crippen LogP contribution in [0.15, 0.2) is 30.5 Å². The summed E-state index contributed by atoms with van der Waals surface area (Å²) in [7, 11) is 0. The largest absolute Gasteiger partial charge is 0.375 e. The number of anilines is 1. The van der Waals surface area contributed by atoms with Gasteiger partial charge in [-0.15, -0.1) is 0 Å². The van der Waals surface area contributed by atoms with E-state index in [1.807, 2.05) is 6.92 Å². The van der Waals surface area contributed by atoms with Gasteiger partial charge in [0.15, 0.2) is 5.13 Å². The molecule has 2 aromatic heterocycles. The molecule has 3 aromatic rings. The molecule has 106 valence electrons. The predicted molar refractivity (Wildman–Crippen MR) is 82.0 cm³/mol. The normalized spacial score (nSPS) is 10.7. The molecule has 6 nitrogen and oxygen atoms in total. The number of carbonyl (C=O) groups is 1. The minimum atomic E-state index is -0.153. The van der Waals surface area contributed by atoms with Crippen LogP contribution in [0.1, 0.15) is 21.9 Å². The van der Waals surface area contributed by atoms with E-state index >= 15 is 0 Å². The van der Waals surface area contributed by atoms with Crippen molar-refractivity contribution in [1.82, 2.24) is 20.3 Å². The predicted octanol–water partition coefficient (Wildman–Crippen LogP) is 1.91. The van der Waals surface area contributed by atoms with Crippen LogP contribution in [0.25, 0.3) is 10.2 Å². The van der Waals surface area contributed by atoms with Gasteiger partial charge in [-0.05, 0) is 31.2 Å². The van der Waals surface area contributed by atoms with Gasteiger partial charge >= 0.3 is 0 Å². The van der Waals surface area contributed by atoms with E-state index in [1.54, 1.807) is 30.5 Å². The maximum Gasteiger partial charge on any atom is 0.251 e. The lowest BCUT2D eigenvalue weighted by Gasteiger charge is -2.05. The van der Waals surface area contributed by atoms with E-state index in [2.05, 4.69) is 20.3 Å². The van der Waals surface area contributed by atoms with E-state index in [0.29, 0.717) is 23.1 Å². The zero-order valence-corrected chi connectivity index (χ0v) is 12.1. The Bertz CT molecular complexity index is 814. The van der Waals surface area contributed by atoms with Crippen molar-refractivity contribution in [2.45, 2.75) is 13.5 Å². The second kappa shape index (κ2) is 5.45. The fourth-order valence-electron chi connectivity index (χ4n) is 1.96. The number of nitrogens with one attached hydrogen (secondary N) is 1. The van der Waals surface area contributed by atoms with Crippen LogP contribution in [0.4, 0.5) is 5.13 Å². The van der Waals surface area contributed by atoms with Crippen LogP contribution in [-0.4, -0.2) is 20.9 Å². The van der Waals surface area contributed by atoms with Crippen LogP contribution < -0.4 is 11.1 Å². The lowest BCUT2D eigenvalue weighted by molar-refractivity contribution is 0.0950. The number of benzene rings is 1. The van der Waals surface area contributed by atoms with Gasteiger partial charge in [-0.1, -0.05) is 11.3 Å². The van der Waals surface area contributed by atoms with Crippen molar-refractivity contribution in [3.05, 3.63) is 47.5 Å². The maximum absolute atomic E-state index is 12.2. The fourth-order valence-corrected chi connectivity index (χ4v) is 2.73. The molecule has 0 spiro atoms. The fraction of sp³-hybridized carbons (Fsp3) is 0.143. The maximum atomic E-state index is 12.2. The van der Waals surface area contributed by atoms with Gasteiger partial charge in [-0.25, -0.2) is 15.0 Å². The van der Waals surface area contributed by atoms with Gasteiger partial charge in [0.05, 0.1) is 22.5 Å². The van der Waals surface area contributed by atoms with E-state index < -0.39 is 0 Å². The molecule has 0 fully saturated rings. The minimum absolute atomic E-state index is 0.153. The molecule has 7 heteroatoms. The SMILES string of the molecule is Cc1nccc(CNC(=O)c2ccc3nc(N)sc3c2)n1. The van der Waals surface area contributed by atoms with Gasteiger partial charge in [0, 0.05) is 11.8 Å². The molecule has 3 N–H and O–H groups in total. The highest BCUT2D eigenvalue weighted by Gasteiger charge is 2.09. The smallest absolute Gasteiger partial charge is 0.251 e. The van der Waals surface area contributed by atoms with Gasteiger partial charge in [0.2, 0.25) is 0 Å². The van der Waals surface area contributed by atoms with Crippen molar-refractivity contribution in [2.24, 2.45) is 0 Å². The lowest BCUT2D eigenvalue weighted by Crippen LogP contribution is -2.23. The highest BCUT2D eigenvalue weighted by molar-refractivity contribution is 7.22. The number of aromatic nitrogens is 3. The average Bonchev–Trinajstić information content (AvgIpc) is 2.84. The number of rotatable bonds is 3. The Labute approximate surface area is 125 Å². The Morgan fingerprint density at radius 1 is 1.33 bits per heavy atom. The zero-order valence-electron chi connectivity index (χ0n) is 11.3. The summed E-state index contributed by atoms with van der Waals surface area (Å²) in [5, 5.41) is 3.34. The van der Waals surface area contributed by atoms with Crippen LogP contribution in [-0.2, 0) is 6.54 Å². The summed E-state index contributed by atoms with van der Waals surface area (Å²) in [6, 6.07) is 7.11. The Kier molecular flexibility index (Phi) is 3.49. The number of nitrogens with two attached hydrogens (primary N) is 1. The Morgan fingerprint density at radius 2 is 2.19 bits per heavy atom. The summed E-state index contributed by atoms with van der Waals surface area (Å²) >= 11 is 1.37. The second-order valence-electron chi connectivity index (χ2n) is 4.51. The molecule has 0 saturated carbocycles. The summed E-state index contributed by atoms with van der Waals surface area (Å²) in [5.41, 5.74) is 7.82. The number of carbonyl (C=O) groups excluding carboxylic acids is 1. The number of nitrogens with zero attached hydrogens (tertiary/aromatic N) is 3. The number of amides is 1. The van der Waals surface area contributed by atoms with Crippen molar-refractivity contribution in [2.75, 3.05) is 5.73 Å². The highest BCUT2D eigenvalue weighted by Crippen LogP contribution is 2.24. The molecule has 3 rings (SSSR count). The monoisotopic (exact) mass is 299 g/mol. The van der Waals surface area contributed by atoms with Gasteiger partial charge < -0.3 is 11.1 Å². The first kappa shape index (κ1) is 13.4. The van der Waals surface area contributed by atoms with Crippen LogP contribution in [0.3, 0.4) is 0 Å².